The van der Waals surface area contributed by atoms with Gasteiger partial charge in [0.25, 0.3) is 0 Å². The van der Waals surface area contributed by atoms with Crippen LogP contribution in [0.2, 0.25) is 5.02 Å². The predicted octanol–water partition coefficient (Wildman–Crippen LogP) is 4.81. The van der Waals surface area contributed by atoms with Gasteiger partial charge in [-0.3, -0.25) is 4.79 Å². The molecule has 0 aliphatic rings. The number of hydrogen-bond acceptors (Lipinski definition) is 1. The van der Waals surface area contributed by atoms with Gasteiger partial charge in [0, 0.05) is 16.5 Å². The minimum Gasteiger partial charge on any atom is -0.294 e. The van der Waals surface area contributed by atoms with Crippen molar-refractivity contribution in [3.05, 3.63) is 68.7 Å². The summed E-state index contributed by atoms with van der Waals surface area (Å²) in [6, 6.07) is 8.31. The van der Waals surface area contributed by atoms with Crippen molar-refractivity contribution in [2.24, 2.45) is 0 Å². The Kier molecular flexibility index (Phi) is 4.32. The molecule has 0 amide bonds. The number of rotatable bonds is 3. The molecule has 5 heteroatoms. The van der Waals surface area contributed by atoms with Crippen molar-refractivity contribution in [2.75, 3.05) is 0 Å². The second-order valence-corrected chi connectivity index (χ2v) is 5.30. The molecular weight excluding hydrogens is 338 g/mol. The van der Waals surface area contributed by atoms with Gasteiger partial charge in [-0.25, -0.2) is 8.78 Å². The molecule has 98 valence electrons. The normalized spacial score (nSPS) is 10.5. The molecule has 2 aromatic carbocycles. The zero-order valence-electron chi connectivity index (χ0n) is 9.59. The quantitative estimate of drug-likeness (QED) is 0.730. The molecule has 2 aromatic rings. The van der Waals surface area contributed by atoms with Crippen LogP contribution in [0.5, 0.6) is 0 Å². The first-order chi connectivity index (χ1) is 8.97. The van der Waals surface area contributed by atoms with E-state index in [2.05, 4.69) is 15.9 Å². The van der Waals surface area contributed by atoms with E-state index in [1.54, 1.807) is 18.2 Å². The Morgan fingerprint density at radius 3 is 2.53 bits per heavy atom. The second kappa shape index (κ2) is 5.80. The number of carbonyl (C=O) groups is 1. The van der Waals surface area contributed by atoms with Crippen molar-refractivity contribution in [1.82, 2.24) is 0 Å². The van der Waals surface area contributed by atoms with Gasteiger partial charge in [0.05, 0.1) is 5.02 Å². The summed E-state index contributed by atoms with van der Waals surface area (Å²) in [4.78, 5) is 12.1. The molecule has 19 heavy (non-hydrogen) atoms. The average molecular weight is 346 g/mol. The maximum atomic E-state index is 13.1. The fourth-order valence-electron chi connectivity index (χ4n) is 1.64. The zero-order valence-corrected chi connectivity index (χ0v) is 11.9. The maximum absolute atomic E-state index is 13.1. The number of hydrogen-bond donors (Lipinski definition) is 0. The van der Waals surface area contributed by atoms with Crippen LogP contribution >= 0.6 is 27.5 Å². The van der Waals surface area contributed by atoms with Gasteiger partial charge in [0.2, 0.25) is 0 Å². The Hall–Kier alpha value is -1.26. The minimum absolute atomic E-state index is 0.0344. The summed E-state index contributed by atoms with van der Waals surface area (Å²) < 4.78 is 26.6. The molecule has 2 rings (SSSR count). The first kappa shape index (κ1) is 14.2. The van der Waals surface area contributed by atoms with E-state index in [9.17, 15) is 13.6 Å². The van der Waals surface area contributed by atoms with Crippen molar-refractivity contribution < 1.29 is 13.6 Å². The molecule has 0 atom stereocenters. The van der Waals surface area contributed by atoms with Crippen LogP contribution < -0.4 is 0 Å². The van der Waals surface area contributed by atoms with Crippen LogP contribution in [0.4, 0.5) is 8.78 Å². The van der Waals surface area contributed by atoms with E-state index in [0.717, 1.165) is 16.6 Å². The summed E-state index contributed by atoms with van der Waals surface area (Å²) in [6.45, 7) is 0. The summed E-state index contributed by atoms with van der Waals surface area (Å²) in [6.07, 6.45) is -0.0344. The van der Waals surface area contributed by atoms with Crippen LogP contribution in [0.15, 0.2) is 40.9 Å². The van der Waals surface area contributed by atoms with Gasteiger partial charge in [-0.15, -0.1) is 0 Å². The topological polar surface area (TPSA) is 17.1 Å². The lowest BCUT2D eigenvalue weighted by Crippen LogP contribution is -2.05. The van der Waals surface area contributed by atoms with Gasteiger partial charge < -0.3 is 0 Å². The van der Waals surface area contributed by atoms with Gasteiger partial charge in [-0.05, 0) is 35.9 Å². The fourth-order valence-corrected chi connectivity index (χ4v) is 2.23. The molecule has 0 aromatic heterocycles. The van der Waals surface area contributed by atoms with Crippen molar-refractivity contribution in [3.63, 3.8) is 0 Å². The predicted molar refractivity (Wildman–Crippen MR) is 73.5 cm³/mol. The lowest BCUT2D eigenvalue weighted by molar-refractivity contribution is 0.0993. The summed E-state index contributed by atoms with van der Waals surface area (Å²) in [5.41, 5.74) is 0.751. The first-order valence-corrected chi connectivity index (χ1v) is 6.56. The van der Waals surface area contributed by atoms with E-state index in [4.69, 9.17) is 11.6 Å². The molecular formula is C14H8BrClF2O. The molecule has 0 radical (unpaired) electrons. The number of ketones is 1. The molecule has 0 heterocycles. The molecule has 0 aliphatic heterocycles. The molecule has 0 fully saturated rings. The van der Waals surface area contributed by atoms with Gasteiger partial charge in [0.1, 0.15) is 0 Å². The third kappa shape index (κ3) is 3.39. The number of Topliss-reactive ketones (excluding diaryl/α,β-unsaturated/α-hetero) is 1. The Bertz CT molecular complexity index is 643. The highest BCUT2D eigenvalue weighted by atomic mass is 79.9. The van der Waals surface area contributed by atoms with Crippen LogP contribution in [0.25, 0.3) is 0 Å². The molecule has 0 bridgehead atoms. The number of halogens is 4. The van der Waals surface area contributed by atoms with E-state index in [1.807, 2.05) is 0 Å². The van der Waals surface area contributed by atoms with Crippen LogP contribution in [-0.4, -0.2) is 5.78 Å². The molecule has 0 aliphatic carbocycles. The van der Waals surface area contributed by atoms with E-state index in [1.165, 1.54) is 6.07 Å². The van der Waals surface area contributed by atoms with E-state index in [0.29, 0.717) is 16.1 Å². The van der Waals surface area contributed by atoms with Gasteiger partial charge in [-0.2, -0.15) is 0 Å². The number of carbonyl (C=O) groups excluding carboxylic acids is 1. The summed E-state index contributed by atoms with van der Waals surface area (Å²) >= 11 is 9.19. The van der Waals surface area contributed by atoms with Gasteiger partial charge in [-0.1, -0.05) is 33.6 Å². The Labute approximate surface area is 122 Å². The monoisotopic (exact) mass is 344 g/mol. The molecule has 0 unspecified atom stereocenters. The van der Waals surface area contributed by atoms with Crippen molar-refractivity contribution in [1.29, 1.82) is 0 Å². The third-order valence-electron chi connectivity index (χ3n) is 2.58. The first-order valence-electron chi connectivity index (χ1n) is 5.39. The van der Waals surface area contributed by atoms with Gasteiger partial charge in [0.15, 0.2) is 17.4 Å². The van der Waals surface area contributed by atoms with Crippen molar-refractivity contribution in [2.45, 2.75) is 6.42 Å². The summed E-state index contributed by atoms with van der Waals surface area (Å²) in [5.74, 6) is -2.15. The zero-order chi connectivity index (χ0) is 14.0. The van der Waals surface area contributed by atoms with Crippen molar-refractivity contribution >= 4 is 33.3 Å². The standard InChI is InChI=1S/C14H8BrClF2O/c15-9-2-3-11(16)10(7-9)14(19)6-8-1-4-12(17)13(18)5-8/h1-5,7H,6H2. The largest absolute Gasteiger partial charge is 0.294 e. The van der Waals surface area contributed by atoms with E-state index < -0.39 is 11.6 Å². The highest BCUT2D eigenvalue weighted by Crippen LogP contribution is 2.23. The van der Waals surface area contributed by atoms with Crippen LogP contribution in [0.3, 0.4) is 0 Å². The molecule has 0 spiro atoms. The van der Waals surface area contributed by atoms with E-state index >= 15 is 0 Å². The minimum atomic E-state index is -0.967. The number of benzene rings is 2. The van der Waals surface area contributed by atoms with Crippen molar-refractivity contribution in [3.8, 4) is 0 Å². The summed E-state index contributed by atoms with van der Waals surface area (Å²) in [7, 11) is 0. The second-order valence-electron chi connectivity index (χ2n) is 3.97. The molecule has 0 saturated heterocycles. The van der Waals surface area contributed by atoms with Gasteiger partial charge >= 0.3 is 0 Å². The van der Waals surface area contributed by atoms with Crippen LogP contribution in [-0.2, 0) is 6.42 Å². The highest BCUT2D eigenvalue weighted by molar-refractivity contribution is 9.10. The average Bonchev–Trinajstić information content (AvgIpc) is 2.36. The SMILES string of the molecule is O=C(Cc1ccc(F)c(F)c1)c1cc(Br)ccc1Cl. The van der Waals surface area contributed by atoms with E-state index in [-0.39, 0.29) is 12.2 Å². The fraction of sp³-hybridized carbons (Fsp3) is 0.0714. The third-order valence-corrected chi connectivity index (χ3v) is 3.40. The summed E-state index contributed by atoms with van der Waals surface area (Å²) in [5, 5.41) is 0.329. The lowest BCUT2D eigenvalue weighted by atomic mass is 10.0. The highest BCUT2D eigenvalue weighted by Gasteiger charge is 2.13. The Morgan fingerprint density at radius 1 is 1.11 bits per heavy atom. The van der Waals surface area contributed by atoms with Crippen LogP contribution in [0, 0.1) is 11.6 Å². The van der Waals surface area contributed by atoms with Crippen LogP contribution in [0.1, 0.15) is 15.9 Å². The molecule has 0 saturated carbocycles. The Morgan fingerprint density at radius 2 is 1.84 bits per heavy atom. The Balaban J connectivity index is 2.25. The molecule has 1 nitrogen and oxygen atoms in total. The lowest BCUT2D eigenvalue weighted by Gasteiger charge is -2.05. The smallest absolute Gasteiger partial charge is 0.168 e. The maximum Gasteiger partial charge on any atom is 0.168 e. The molecule has 0 N–H and O–H groups in total.